The van der Waals surface area contributed by atoms with Crippen molar-refractivity contribution in [2.24, 2.45) is 4.99 Å². The fraction of sp³-hybridized carbons (Fsp3) is 0.381. The minimum atomic E-state index is 0.0640. The SMILES string of the molecule is OCCN=Cc1ccccc1OCCN1CCN(c2ccccc2)CC1. The lowest BCUT2D eigenvalue weighted by atomic mass is 10.2. The van der Waals surface area contributed by atoms with Crippen LogP contribution in [0.1, 0.15) is 5.56 Å². The van der Waals surface area contributed by atoms with E-state index in [2.05, 4.69) is 45.1 Å². The third-order valence-electron chi connectivity index (χ3n) is 4.54. The van der Waals surface area contributed by atoms with Gasteiger partial charge >= 0.3 is 0 Å². The molecule has 0 amide bonds. The van der Waals surface area contributed by atoms with Gasteiger partial charge in [-0.15, -0.1) is 0 Å². The van der Waals surface area contributed by atoms with Crippen molar-refractivity contribution in [3.8, 4) is 5.75 Å². The van der Waals surface area contributed by atoms with Crippen molar-refractivity contribution >= 4 is 11.9 Å². The summed E-state index contributed by atoms with van der Waals surface area (Å²) in [4.78, 5) is 9.07. The molecule has 1 heterocycles. The van der Waals surface area contributed by atoms with Gasteiger partial charge in [0.1, 0.15) is 12.4 Å². The molecule has 3 rings (SSSR count). The van der Waals surface area contributed by atoms with Crippen LogP contribution in [0.5, 0.6) is 5.75 Å². The first-order chi connectivity index (χ1) is 12.9. The molecule has 1 aliphatic rings. The zero-order valence-corrected chi connectivity index (χ0v) is 15.1. The summed E-state index contributed by atoms with van der Waals surface area (Å²) in [7, 11) is 0. The van der Waals surface area contributed by atoms with Crippen molar-refractivity contribution < 1.29 is 9.84 Å². The molecule has 1 saturated heterocycles. The maximum absolute atomic E-state index is 8.84. The molecular formula is C21H27N3O2. The summed E-state index contributed by atoms with van der Waals surface area (Å²) in [5, 5.41) is 8.84. The van der Waals surface area contributed by atoms with Gasteiger partial charge in [0, 0.05) is 50.2 Å². The first-order valence-electron chi connectivity index (χ1n) is 9.21. The number of piperazine rings is 1. The van der Waals surface area contributed by atoms with Crippen LogP contribution in [0.3, 0.4) is 0 Å². The van der Waals surface area contributed by atoms with E-state index in [-0.39, 0.29) is 6.61 Å². The van der Waals surface area contributed by atoms with E-state index in [1.54, 1.807) is 6.21 Å². The van der Waals surface area contributed by atoms with Crippen LogP contribution in [0.2, 0.25) is 0 Å². The van der Waals surface area contributed by atoms with E-state index >= 15 is 0 Å². The summed E-state index contributed by atoms with van der Waals surface area (Å²) in [6.45, 7) is 6.27. The number of aliphatic imine (C=N–C) groups is 1. The van der Waals surface area contributed by atoms with Gasteiger partial charge in [0.05, 0.1) is 13.2 Å². The zero-order valence-electron chi connectivity index (χ0n) is 15.1. The van der Waals surface area contributed by atoms with Crippen LogP contribution in [-0.4, -0.2) is 68.7 Å². The number of hydrogen-bond donors (Lipinski definition) is 1. The second-order valence-electron chi connectivity index (χ2n) is 6.31. The monoisotopic (exact) mass is 353 g/mol. The number of benzene rings is 2. The molecule has 1 aliphatic heterocycles. The molecule has 0 aromatic heterocycles. The quantitative estimate of drug-likeness (QED) is 0.740. The minimum absolute atomic E-state index is 0.0640. The van der Waals surface area contributed by atoms with Crippen LogP contribution in [0.15, 0.2) is 59.6 Å². The number of ether oxygens (including phenoxy) is 1. The Hall–Kier alpha value is -2.37. The van der Waals surface area contributed by atoms with Crippen LogP contribution >= 0.6 is 0 Å². The molecule has 5 heteroatoms. The fourth-order valence-corrected chi connectivity index (χ4v) is 3.09. The first-order valence-corrected chi connectivity index (χ1v) is 9.21. The predicted octanol–water partition coefficient (Wildman–Crippen LogP) is 2.30. The molecule has 0 saturated carbocycles. The van der Waals surface area contributed by atoms with E-state index in [0.717, 1.165) is 44.0 Å². The topological polar surface area (TPSA) is 48.3 Å². The number of anilines is 1. The maximum atomic E-state index is 8.84. The lowest BCUT2D eigenvalue weighted by molar-refractivity contribution is 0.200. The smallest absolute Gasteiger partial charge is 0.128 e. The molecule has 2 aromatic rings. The third kappa shape index (κ3) is 5.31. The van der Waals surface area contributed by atoms with E-state index in [9.17, 15) is 0 Å². The van der Waals surface area contributed by atoms with Gasteiger partial charge < -0.3 is 14.7 Å². The summed E-state index contributed by atoms with van der Waals surface area (Å²) < 4.78 is 5.97. The summed E-state index contributed by atoms with van der Waals surface area (Å²) >= 11 is 0. The molecule has 0 radical (unpaired) electrons. The molecule has 0 spiro atoms. The fourth-order valence-electron chi connectivity index (χ4n) is 3.09. The number of rotatable bonds is 8. The molecule has 5 nitrogen and oxygen atoms in total. The largest absolute Gasteiger partial charge is 0.492 e. The average molecular weight is 353 g/mol. The molecule has 0 bridgehead atoms. The van der Waals surface area contributed by atoms with Gasteiger partial charge in [0.25, 0.3) is 0 Å². The van der Waals surface area contributed by atoms with E-state index in [1.165, 1.54) is 5.69 Å². The Bertz CT molecular complexity index is 683. The highest BCUT2D eigenvalue weighted by Gasteiger charge is 2.16. The molecule has 0 unspecified atom stereocenters. The average Bonchev–Trinajstić information content (AvgIpc) is 2.70. The number of hydrogen-bond acceptors (Lipinski definition) is 5. The van der Waals surface area contributed by atoms with Gasteiger partial charge in [-0.3, -0.25) is 9.89 Å². The molecule has 0 aliphatic carbocycles. The Morgan fingerprint density at radius 1 is 0.962 bits per heavy atom. The van der Waals surface area contributed by atoms with Gasteiger partial charge in [-0.25, -0.2) is 0 Å². The standard InChI is InChI=1S/C21H27N3O2/c25-16-10-22-18-19-6-4-5-9-21(19)26-17-15-23-11-13-24(14-12-23)20-7-2-1-3-8-20/h1-9,18,25H,10-17H2. The summed E-state index contributed by atoms with van der Waals surface area (Å²) in [5.41, 5.74) is 2.26. The van der Waals surface area contributed by atoms with E-state index < -0.39 is 0 Å². The highest BCUT2D eigenvalue weighted by molar-refractivity contribution is 5.83. The van der Waals surface area contributed by atoms with Crippen LogP contribution in [0.4, 0.5) is 5.69 Å². The molecule has 26 heavy (non-hydrogen) atoms. The summed E-state index contributed by atoms with van der Waals surface area (Å²) in [6.07, 6.45) is 1.77. The number of nitrogens with zero attached hydrogens (tertiary/aromatic N) is 3. The molecule has 138 valence electrons. The molecule has 0 atom stereocenters. The van der Waals surface area contributed by atoms with Crippen molar-refractivity contribution in [2.75, 3.05) is 57.4 Å². The number of aliphatic hydroxyl groups excluding tert-OH is 1. The number of aliphatic hydroxyl groups is 1. The Labute approximate surface area is 155 Å². The third-order valence-corrected chi connectivity index (χ3v) is 4.54. The summed E-state index contributed by atoms with van der Waals surface area (Å²) in [6, 6.07) is 18.5. The van der Waals surface area contributed by atoms with Crippen molar-refractivity contribution in [1.29, 1.82) is 0 Å². The Morgan fingerprint density at radius 3 is 2.46 bits per heavy atom. The maximum Gasteiger partial charge on any atom is 0.128 e. The van der Waals surface area contributed by atoms with Gasteiger partial charge in [-0.1, -0.05) is 30.3 Å². The van der Waals surface area contributed by atoms with Crippen molar-refractivity contribution in [3.05, 3.63) is 60.2 Å². The van der Waals surface area contributed by atoms with Crippen LogP contribution in [0.25, 0.3) is 0 Å². The number of para-hydroxylation sites is 2. The predicted molar refractivity (Wildman–Crippen MR) is 107 cm³/mol. The minimum Gasteiger partial charge on any atom is -0.492 e. The molecule has 1 fully saturated rings. The lowest BCUT2D eigenvalue weighted by Crippen LogP contribution is -2.47. The second kappa shape index (κ2) is 9.94. The molecule has 1 N–H and O–H groups in total. The molecular weight excluding hydrogens is 326 g/mol. The molecule has 2 aromatic carbocycles. The second-order valence-corrected chi connectivity index (χ2v) is 6.31. The van der Waals surface area contributed by atoms with Gasteiger partial charge in [0.15, 0.2) is 0 Å². The van der Waals surface area contributed by atoms with Crippen molar-refractivity contribution in [3.63, 3.8) is 0 Å². The van der Waals surface area contributed by atoms with Gasteiger partial charge in [-0.05, 0) is 24.3 Å². The van der Waals surface area contributed by atoms with Crippen LogP contribution in [0, 0.1) is 0 Å². The van der Waals surface area contributed by atoms with Crippen LogP contribution in [-0.2, 0) is 0 Å². The zero-order chi connectivity index (χ0) is 18.0. The van der Waals surface area contributed by atoms with E-state index in [4.69, 9.17) is 9.84 Å². The highest BCUT2D eigenvalue weighted by Crippen LogP contribution is 2.17. The van der Waals surface area contributed by atoms with Crippen molar-refractivity contribution in [1.82, 2.24) is 4.90 Å². The summed E-state index contributed by atoms with van der Waals surface area (Å²) in [5.74, 6) is 0.845. The van der Waals surface area contributed by atoms with Crippen molar-refractivity contribution in [2.45, 2.75) is 0 Å². The first kappa shape index (κ1) is 18.4. The van der Waals surface area contributed by atoms with Gasteiger partial charge in [0.2, 0.25) is 0 Å². The Balaban J connectivity index is 1.44. The Kier molecular flexibility index (Phi) is 7.05. The normalized spacial score (nSPS) is 15.5. The Morgan fingerprint density at radius 2 is 1.69 bits per heavy atom. The van der Waals surface area contributed by atoms with Crippen LogP contribution < -0.4 is 9.64 Å². The highest BCUT2D eigenvalue weighted by atomic mass is 16.5. The van der Waals surface area contributed by atoms with E-state index in [0.29, 0.717) is 13.2 Å². The lowest BCUT2D eigenvalue weighted by Gasteiger charge is -2.36. The van der Waals surface area contributed by atoms with Gasteiger partial charge in [-0.2, -0.15) is 0 Å². The van der Waals surface area contributed by atoms with E-state index in [1.807, 2.05) is 24.3 Å².